The summed E-state index contributed by atoms with van der Waals surface area (Å²) in [6.45, 7) is 17.1. The molecule has 0 aliphatic carbocycles. The van der Waals surface area contributed by atoms with E-state index >= 15 is 0 Å². The van der Waals surface area contributed by atoms with Crippen LogP contribution < -0.4 is 0 Å². The monoisotopic (exact) mass is 300 g/mol. The standard InChI is InChI=1S/C7H14O.C6H12O.C5H10O/c1-3-7(4-2)5-8-6-7;1-3-6(2)4-7-5-6;1-2-5-3-6-4-5/h3-6H2,1-2H3;3-5H2,1-2H3;5H,2-4H2,1H3. The van der Waals surface area contributed by atoms with Crippen molar-refractivity contribution in [1.82, 2.24) is 0 Å². The lowest BCUT2D eigenvalue weighted by Gasteiger charge is -2.39. The molecule has 3 rings (SSSR count). The first kappa shape index (κ1) is 18.9. The summed E-state index contributed by atoms with van der Waals surface area (Å²) in [6.07, 6.45) is 5.11. The van der Waals surface area contributed by atoms with Gasteiger partial charge in [-0.05, 0) is 25.7 Å². The molecular weight excluding hydrogens is 264 g/mol. The summed E-state index contributed by atoms with van der Waals surface area (Å²) in [5, 5.41) is 0. The van der Waals surface area contributed by atoms with Crippen molar-refractivity contribution >= 4 is 0 Å². The van der Waals surface area contributed by atoms with Gasteiger partial charge in [0.1, 0.15) is 0 Å². The SMILES string of the molecule is CCC1(C)COC1.CCC1(CC)COC1.CCC1COC1. The van der Waals surface area contributed by atoms with Gasteiger partial charge in [0, 0.05) is 16.7 Å². The van der Waals surface area contributed by atoms with Gasteiger partial charge in [0.2, 0.25) is 0 Å². The number of ether oxygens (including phenoxy) is 3. The van der Waals surface area contributed by atoms with E-state index in [4.69, 9.17) is 14.2 Å². The van der Waals surface area contributed by atoms with Crippen molar-refractivity contribution in [3.8, 4) is 0 Å². The molecule has 3 fully saturated rings. The van der Waals surface area contributed by atoms with Gasteiger partial charge in [-0.25, -0.2) is 0 Å². The summed E-state index contributed by atoms with van der Waals surface area (Å²) >= 11 is 0. The van der Waals surface area contributed by atoms with Crippen LogP contribution in [0.1, 0.15) is 60.3 Å². The third kappa shape index (κ3) is 5.88. The van der Waals surface area contributed by atoms with Crippen molar-refractivity contribution in [3.05, 3.63) is 0 Å². The van der Waals surface area contributed by atoms with E-state index in [-0.39, 0.29) is 0 Å². The summed E-state index contributed by atoms with van der Waals surface area (Å²) in [6, 6.07) is 0. The Kier molecular flexibility index (Phi) is 8.22. The Morgan fingerprint density at radius 1 is 0.762 bits per heavy atom. The average molecular weight is 300 g/mol. The van der Waals surface area contributed by atoms with E-state index in [1.165, 1.54) is 25.7 Å². The molecule has 3 saturated heterocycles. The molecule has 0 saturated carbocycles. The fraction of sp³-hybridized carbons (Fsp3) is 1.00. The highest BCUT2D eigenvalue weighted by Gasteiger charge is 2.34. The fourth-order valence-corrected chi connectivity index (χ4v) is 2.22. The quantitative estimate of drug-likeness (QED) is 0.775. The highest BCUT2D eigenvalue weighted by atomic mass is 16.5. The Bertz CT molecular complexity index is 244. The molecule has 3 heteroatoms. The predicted molar refractivity (Wildman–Crippen MR) is 87.7 cm³/mol. The summed E-state index contributed by atoms with van der Waals surface area (Å²) in [5.41, 5.74) is 1.12. The molecule has 3 aliphatic heterocycles. The molecule has 0 aromatic rings. The third-order valence-corrected chi connectivity index (χ3v) is 5.36. The van der Waals surface area contributed by atoms with E-state index in [9.17, 15) is 0 Å². The van der Waals surface area contributed by atoms with Crippen molar-refractivity contribution in [3.63, 3.8) is 0 Å². The molecule has 0 amide bonds. The molecule has 21 heavy (non-hydrogen) atoms. The largest absolute Gasteiger partial charge is 0.381 e. The molecule has 0 aromatic carbocycles. The molecule has 0 unspecified atom stereocenters. The van der Waals surface area contributed by atoms with Crippen LogP contribution >= 0.6 is 0 Å². The molecule has 126 valence electrons. The van der Waals surface area contributed by atoms with E-state index in [1.54, 1.807) is 0 Å². The van der Waals surface area contributed by atoms with Crippen LogP contribution in [0.4, 0.5) is 0 Å². The van der Waals surface area contributed by atoms with Crippen LogP contribution in [0.25, 0.3) is 0 Å². The van der Waals surface area contributed by atoms with Crippen LogP contribution in [-0.2, 0) is 14.2 Å². The summed E-state index contributed by atoms with van der Waals surface area (Å²) in [5.74, 6) is 0.894. The Labute approximate surface area is 131 Å². The summed E-state index contributed by atoms with van der Waals surface area (Å²) in [7, 11) is 0. The second-order valence-electron chi connectivity index (χ2n) is 7.17. The molecule has 0 bridgehead atoms. The van der Waals surface area contributed by atoms with Gasteiger partial charge in [-0.15, -0.1) is 0 Å². The Morgan fingerprint density at radius 2 is 1.29 bits per heavy atom. The second-order valence-corrected chi connectivity index (χ2v) is 7.17. The predicted octanol–water partition coefficient (Wildman–Crippen LogP) is 4.30. The minimum atomic E-state index is 0.542. The lowest BCUT2D eigenvalue weighted by molar-refractivity contribution is -0.116. The highest BCUT2D eigenvalue weighted by molar-refractivity contribution is 4.82. The minimum absolute atomic E-state index is 0.542. The van der Waals surface area contributed by atoms with Crippen molar-refractivity contribution in [2.75, 3.05) is 39.6 Å². The normalized spacial score (nSPS) is 25.0. The smallest absolute Gasteiger partial charge is 0.0544 e. The maximum absolute atomic E-state index is 5.12. The van der Waals surface area contributed by atoms with Crippen molar-refractivity contribution in [1.29, 1.82) is 0 Å². The highest BCUT2D eigenvalue weighted by Crippen LogP contribution is 2.34. The maximum atomic E-state index is 5.12. The van der Waals surface area contributed by atoms with Gasteiger partial charge < -0.3 is 14.2 Å². The zero-order valence-electron chi connectivity index (χ0n) is 14.9. The van der Waals surface area contributed by atoms with Crippen molar-refractivity contribution < 1.29 is 14.2 Å². The first-order chi connectivity index (χ1) is 10.0. The van der Waals surface area contributed by atoms with Crippen molar-refractivity contribution in [2.24, 2.45) is 16.7 Å². The number of rotatable bonds is 4. The molecule has 3 nitrogen and oxygen atoms in total. The molecule has 0 aromatic heterocycles. The Morgan fingerprint density at radius 3 is 1.29 bits per heavy atom. The van der Waals surface area contributed by atoms with Gasteiger partial charge in [-0.2, -0.15) is 0 Å². The molecule has 0 radical (unpaired) electrons. The molecular formula is C18H36O3. The van der Waals surface area contributed by atoms with Crippen LogP contribution in [0.3, 0.4) is 0 Å². The lowest BCUT2D eigenvalue weighted by atomic mass is 9.81. The number of hydrogen-bond donors (Lipinski definition) is 0. The summed E-state index contributed by atoms with van der Waals surface area (Å²) in [4.78, 5) is 0. The zero-order valence-corrected chi connectivity index (χ0v) is 14.9. The topological polar surface area (TPSA) is 27.7 Å². The van der Waals surface area contributed by atoms with Gasteiger partial charge in [0.15, 0.2) is 0 Å². The molecule has 0 atom stereocenters. The van der Waals surface area contributed by atoms with E-state index in [0.717, 1.165) is 45.6 Å². The number of hydrogen-bond acceptors (Lipinski definition) is 3. The van der Waals surface area contributed by atoms with Gasteiger partial charge >= 0.3 is 0 Å². The van der Waals surface area contributed by atoms with Gasteiger partial charge in [-0.1, -0.05) is 34.6 Å². The van der Waals surface area contributed by atoms with Crippen LogP contribution in [0.5, 0.6) is 0 Å². The van der Waals surface area contributed by atoms with Gasteiger partial charge in [0.05, 0.1) is 39.6 Å². The average Bonchev–Trinajstić information content (AvgIpc) is 2.36. The van der Waals surface area contributed by atoms with Crippen LogP contribution in [0.15, 0.2) is 0 Å². The zero-order chi connectivity index (χ0) is 15.8. The van der Waals surface area contributed by atoms with Gasteiger partial charge in [0.25, 0.3) is 0 Å². The van der Waals surface area contributed by atoms with Crippen molar-refractivity contribution in [2.45, 2.75) is 60.3 Å². The third-order valence-electron chi connectivity index (χ3n) is 5.36. The Balaban J connectivity index is 0.000000159. The first-order valence-electron chi connectivity index (χ1n) is 8.76. The van der Waals surface area contributed by atoms with E-state index in [0.29, 0.717) is 10.8 Å². The molecule has 0 N–H and O–H groups in total. The first-order valence-corrected chi connectivity index (χ1v) is 8.76. The fourth-order valence-electron chi connectivity index (χ4n) is 2.22. The maximum Gasteiger partial charge on any atom is 0.0544 e. The second kappa shape index (κ2) is 9.12. The molecule has 3 heterocycles. The van der Waals surface area contributed by atoms with E-state index in [1.807, 2.05) is 0 Å². The van der Waals surface area contributed by atoms with Crippen LogP contribution in [0.2, 0.25) is 0 Å². The van der Waals surface area contributed by atoms with E-state index in [2.05, 4.69) is 34.6 Å². The molecule has 3 aliphatic rings. The van der Waals surface area contributed by atoms with Gasteiger partial charge in [-0.3, -0.25) is 0 Å². The minimum Gasteiger partial charge on any atom is -0.381 e. The van der Waals surface area contributed by atoms with Crippen LogP contribution in [-0.4, -0.2) is 39.6 Å². The lowest BCUT2D eigenvalue weighted by Crippen LogP contribution is -2.41. The van der Waals surface area contributed by atoms with E-state index < -0.39 is 0 Å². The Hall–Kier alpha value is -0.120. The van der Waals surface area contributed by atoms with Crippen LogP contribution in [0, 0.1) is 16.7 Å². The molecule has 0 spiro atoms. The summed E-state index contributed by atoms with van der Waals surface area (Å²) < 4.78 is 15.1.